The molecule has 0 spiro atoms. The van der Waals surface area contributed by atoms with Gasteiger partial charge < -0.3 is 5.32 Å². The molecule has 94 valence electrons. The Kier molecular flexibility index (Phi) is 3.85. The van der Waals surface area contributed by atoms with Crippen LogP contribution in [0.5, 0.6) is 0 Å². The van der Waals surface area contributed by atoms with Gasteiger partial charge in [-0.1, -0.05) is 12.1 Å². The van der Waals surface area contributed by atoms with Crippen molar-refractivity contribution in [2.45, 2.75) is 25.9 Å². The molecular weight excluding hydrogens is 283 g/mol. The predicted octanol–water partition coefficient (Wildman–Crippen LogP) is 2.77. The molecule has 0 aliphatic carbocycles. The van der Waals surface area contributed by atoms with Gasteiger partial charge in [0.15, 0.2) is 0 Å². The summed E-state index contributed by atoms with van der Waals surface area (Å²) in [6.45, 7) is 8.18. The Hall–Kier alpha value is -0.450. The van der Waals surface area contributed by atoms with Gasteiger partial charge in [-0.25, -0.2) is 4.39 Å². The number of nitrogens with zero attached hydrogens (tertiary/aromatic N) is 1. The molecule has 2 rings (SSSR count). The summed E-state index contributed by atoms with van der Waals surface area (Å²) in [5.74, 6) is -0.185. The molecule has 1 heterocycles. The van der Waals surface area contributed by atoms with Crippen LogP contribution in [0.2, 0.25) is 0 Å². The van der Waals surface area contributed by atoms with Crippen molar-refractivity contribution in [1.29, 1.82) is 0 Å². The van der Waals surface area contributed by atoms with E-state index < -0.39 is 0 Å². The van der Waals surface area contributed by atoms with Crippen LogP contribution in [-0.2, 0) is 6.54 Å². The minimum Gasteiger partial charge on any atom is -0.314 e. The number of benzene rings is 1. The average Bonchev–Trinajstić information content (AvgIpc) is 2.27. The van der Waals surface area contributed by atoms with Crippen LogP contribution in [0.1, 0.15) is 19.4 Å². The van der Waals surface area contributed by atoms with E-state index >= 15 is 0 Å². The summed E-state index contributed by atoms with van der Waals surface area (Å²) in [6.07, 6.45) is 0. The van der Waals surface area contributed by atoms with Gasteiger partial charge >= 0.3 is 0 Å². The highest BCUT2D eigenvalue weighted by atomic mass is 79.9. The summed E-state index contributed by atoms with van der Waals surface area (Å²) >= 11 is 3.33. The molecule has 1 aliphatic heterocycles. The first-order valence-corrected chi connectivity index (χ1v) is 6.69. The maximum Gasteiger partial charge on any atom is 0.137 e. The number of hydrogen-bond acceptors (Lipinski definition) is 2. The van der Waals surface area contributed by atoms with Gasteiger partial charge in [-0.2, -0.15) is 0 Å². The minimum atomic E-state index is -0.185. The lowest BCUT2D eigenvalue weighted by molar-refractivity contribution is 0.0824. The Bertz CT molecular complexity index is 406. The number of halogens is 2. The van der Waals surface area contributed by atoms with Crippen molar-refractivity contribution in [3.63, 3.8) is 0 Å². The van der Waals surface area contributed by atoms with E-state index in [9.17, 15) is 4.39 Å². The van der Waals surface area contributed by atoms with Gasteiger partial charge in [0, 0.05) is 31.7 Å². The van der Waals surface area contributed by atoms with E-state index in [2.05, 4.69) is 40.0 Å². The molecule has 2 nitrogen and oxygen atoms in total. The smallest absolute Gasteiger partial charge is 0.137 e. The van der Waals surface area contributed by atoms with Gasteiger partial charge in [0.2, 0.25) is 0 Å². The molecule has 0 amide bonds. The SMILES string of the molecule is CC1(C)CNCCN1Cc1cccc(F)c1Br. The third-order valence-electron chi connectivity index (χ3n) is 3.36. The largest absolute Gasteiger partial charge is 0.314 e. The third kappa shape index (κ3) is 2.87. The van der Waals surface area contributed by atoms with Crippen LogP contribution in [0, 0.1) is 5.82 Å². The van der Waals surface area contributed by atoms with E-state index in [-0.39, 0.29) is 11.4 Å². The fourth-order valence-corrected chi connectivity index (χ4v) is 2.58. The molecule has 1 saturated heterocycles. The van der Waals surface area contributed by atoms with Crippen molar-refractivity contribution in [2.75, 3.05) is 19.6 Å². The molecule has 0 bridgehead atoms. The summed E-state index contributed by atoms with van der Waals surface area (Å²) in [7, 11) is 0. The molecular formula is C13H18BrFN2. The summed E-state index contributed by atoms with van der Waals surface area (Å²) < 4.78 is 14.0. The van der Waals surface area contributed by atoms with E-state index in [0.717, 1.165) is 31.7 Å². The van der Waals surface area contributed by atoms with Crippen LogP contribution in [-0.4, -0.2) is 30.1 Å². The maximum absolute atomic E-state index is 13.4. The van der Waals surface area contributed by atoms with E-state index in [1.165, 1.54) is 6.07 Å². The second-order valence-electron chi connectivity index (χ2n) is 5.12. The first kappa shape index (κ1) is 13.0. The van der Waals surface area contributed by atoms with Gasteiger partial charge in [0.05, 0.1) is 4.47 Å². The van der Waals surface area contributed by atoms with Gasteiger partial charge in [0.1, 0.15) is 5.82 Å². The van der Waals surface area contributed by atoms with E-state index in [4.69, 9.17) is 0 Å². The van der Waals surface area contributed by atoms with Crippen molar-refractivity contribution in [2.24, 2.45) is 0 Å². The van der Waals surface area contributed by atoms with E-state index in [1.54, 1.807) is 6.07 Å². The Morgan fingerprint density at radius 3 is 2.94 bits per heavy atom. The monoisotopic (exact) mass is 300 g/mol. The summed E-state index contributed by atoms with van der Waals surface area (Å²) in [5, 5.41) is 3.39. The predicted molar refractivity (Wildman–Crippen MR) is 71.5 cm³/mol. The van der Waals surface area contributed by atoms with Crippen LogP contribution in [0.3, 0.4) is 0 Å². The Morgan fingerprint density at radius 2 is 2.24 bits per heavy atom. The molecule has 1 aromatic carbocycles. The highest BCUT2D eigenvalue weighted by molar-refractivity contribution is 9.10. The fourth-order valence-electron chi connectivity index (χ4n) is 2.19. The highest BCUT2D eigenvalue weighted by Gasteiger charge is 2.29. The fraction of sp³-hybridized carbons (Fsp3) is 0.538. The molecule has 1 fully saturated rings. The third-order valence-corrected chi connectivity index (χ3v) is 4.25. The lowest BCUT2D eigenvalue weighted by atomic mass is 9.99. The average molecular weight is 301 g/mol. The quantitative estimate of drug-likeness (QED) is 0.903. The molecule has 1 aliphatic rings. The Morgan fingerprint density at radius 1 is 1.47 bits per heavy atom. The molecule has 0 aromatic heterocycles. The molecule has 0 radical (unpaired) electrons. The Balaban J connectivity index is 2.17. The van der Waals surface area contributed by atoms with Crippen LogP contribution in [0.25, 0.3) is 0 Å². The molecule has 1 aromatic rings. The number of nitrogens with one attached hydrogen (secondary N) is 1. The highest BCUT2D eigenvalue weighted by Crippen LogP contribution is 2.25. The molecule has 0 atom stereocenters. The second-order valence-corrected chi connectivity index (χ2v) is 5.92. The first-order chi connectivity index (χ1) is 8.00. The van der Waals surface area contributed by atoms with Crippen LogP contribution in [0.15, 0.2) is 22.7 Å². The molecule has 1 N–H and O–H groups in total. The van der Waals surface area contributed by atoms with Crippen molar-refractivity contribution in [1.82, 2.24) is 10.2 Å². The maximum atomic E-state index is 13.4. The second kappa shape index (κ2) is 5.04. The first-order valence-electron chi connectivity index (χ1n) is 5.89. The topological polar surface area (TPSA) is 15.3 Å². The van der Waals surface area contributed by atoms with Crippen LogP contribution >= 0.6 is 15.9 Å². The van der Waals surface area contributed by atoms with Crippen molar-refractivity contribution >= 4 is 15.9 Å². The summed E-state index contributed by atoms with van der Waals surface area (Å²) in [4.78, 5) is 2.39. The van der Waals surface area contributed by atoms with E-state index in [0.29, 0.717) is 4.47 Å². The number of rotatable bonds is 2. The molecule has 0 unspecified atom stereocenters. The van der Waals surface area contributed by atoms with Crippen LogP contribution in [0.4, 0.5) is 4.39 Å². The molecule has 4 heteroatoms. The van der Waals surface area contributed by atoms with Crippen molar-refractivity contribution < 1.29 is 4.39 Å². The molecule has 0 saturated carbocycles. The van der Waals surface area contributed by atoms with Gasteiger partial charge in [-0.3, -0.25) is 4.90 Å². The lowest BCUT2D eigenvalue weighted by Crippen LogP contribution is -2.57. The zero-order valence-corrected chi connectivity index (χ0v) is 11.8. The standard InChI is InChI=1S/C13H18BrFN2/c1-13(2)9-16-6-7-17(13)8-10-4-3-5-11(15)12(10)14/h3-5,16H,6-9H2,1-2H3. The van der Waals surface area contributed by atoms with Crippen molar-refractivity contribution in [3.8, 4) is 0 Å². The Labute approximate surface area is 110 Å². The minimum absolute atomic E-state index is 0.115. The summed E-state index contributed by atoms with van der Waals surface area (Å²) in [6, 6.07) is 5.23. The zero-order valence-electron chi connectivity index (χ0n) is 10.3. The van der Waals surface area contributed by atoms with Gasteiger partial charge in [-0.15, -0.1) is 0 Å². The normalized spacial score (nSPS) is 20.5. The molecule has 17 heavy (non-hydrogen) atoms. The van der Waals surface area contributed by atoms with Gasteiger partial charge in [0.25, 0.3) is 0 Å². The number of piperazine rings is 1. The van der Waals surface area contributed by atoms with Crippen LogP contribution < -0.4 is 5.32 Å². The zero-order chi connectivity index (χ0) is 12.5. The van der Waals surface area contributed by atoms with Crippen molar-refractivity contribution in [3.05, 3.63) is 34.1 Å². The number of hydrogen-bond donors (Lipinski definition) is 1. The lowest BCUT2D eigenvalue weighted by Gasteiger charge is -2.43. The summed E-state index contributed by atoms with van der Waals surface area (Å²) in [5.41, 5.74) is 1.13. The van der Waals surface area contributed by atoms with Gasteiger partial charge in [-0.05, 0) is 41.4 Å². The van der Waals surface area contributed by atoms with E-state index in [1.807, 2.05) is 6.07 Å².